The van der Waals surface area contributed by atoms with Crippen molar-refractivity contribution in [2.45, 2.75) is 18.7 Å². The molecule has 5 nitrogen and oxygen atoms in total. The third-order valence-electron chi connectivity index (χ3n) is 4.54. The van der Waals surface area contributed by atoms with Gasteiger partial charge in [0.05, 0.1) is 31.7 Å². The number of amides is 1. The second kappa shape index (κ2) is 8.39. The van der Waals surface area contributed by atoms with Gasteiger partial charge in [0.15, 0.2) is 0 Å². The molecule has 0 bridgehead atoms. The number of nitrogens with two attached hydrogens (primary N) is 1. The molecule has 0 aliphatic carbocycles. The van der Waals surface area contributed by atoms with E-state index in [1.165, 1.54) is 0 Å². The topological polar surface area (TPSA) is 64.8 Å². The minimum Gasteiger partial charge on any atom is -0.497 e. The van der Waals surface area contributed by atoms with E-state index in [1.807, 2.05) is 48.5 Å². The van der Waals surface area contributed by atoms with Crippen molar-refractivity contribution in [3.05, 3.63) is 59.7 Å². The van der Waals surface area contributed by atoms with Crippen LogP contribution in [-0.2, 0) is 4.79 Å². The zero-order valence-corrected chi connectivity index (χ0v) is 16.6. The smallest absolute Gasteiger partial charge is 0.220 e. The summed E-state index contributed by atoms with van der Waals surface area (Å²) in [4.78, 5) is 15.0. The molecule has 27 heavy (non-hydrogen) atoms. The zero-order valence-electron chi connectivity index (χ0n) is 15.8. The standard InChI is InChI=1S/C21H24N2O3S/c1-4-23-19(13-18(22)24)27-21(15-7-11-17(26-3)12-8-15)20(23)14-5-9-16(25-2)10-6-14/h5-12,19H,4,13H2,1-3H3,(H2,22,24). The highest BCUT2D eigenvalue weighted by Gasteiger charge is 2.34. The van der Waals surface area contributed by atoms with E-state index in [-0.39, 0.29) is 11.3 Å². The van der Waals surface area contributed by atoms with Crippen LogP contribution >= 0.6 is 11.8 Å². The number of primary amides is 1. The lowest BCUT2D eigenvalue weighted by molar-refractivity contribution is -0.118. The summed E-state index contributed by atoms with van der Waals surface area (Å²) in [5, 5.41) is -0.0123. The van der Waals surface area contributed by atoms with E-state index in [0.717, 1.165) is 39.8 Å². The predicted molar refractivity (Wildman–Crippen MR) is 110 cm³/mol. The van der Waals surface area contributed by atoms with Gasteiger partial charge in [-0.2, -0.15) is 0 Å². The number of rotatable bonds is 7. The normalized spacial score (nSPS) is 16.6. The van der Waals surface area contributed by atoms with Gasteiger partial charge in [-0.15, -0.1) is 0 Å². The lowest BCUT2D eigenvalue weighted by Crippen LogP contribution is -2.31. The van der Waals surface area contributed by atoms with Gasteiger partial charge in [0.25, 0.3) is 0 Å². The van der Waals surface area contributed by atoms with Gasteiger partial charge < -0.3 is 20.1 Å². The van der Waals surface area contributed by atoms with Crippen LogP contribution in [0.15, 0.2) is 48.5 Å². The summed E-state index contributed by atoms with van der Waals surface area (Å²) in [6.45, 7) is 2.88. The molecular formula is C21H24N2O3S. The number of hydrogen-bond acceptors (Lipinski definition) is 5. The van der Waals surface area contributed by atoms with Crippen LogP contribution in [0.1, 0.15) is 24.5 Å². The largest absolute Gasteiger partial charge is 0.497 e. The molecule has 3 rings (SSSR count). The van der Waals surface area contributed by atoms with Gasteiger partial charge in [0, 0.05) is 11.4 Å². The maximum absolute atomic E-state index is 11.6. The summed E-state index contributed by atoms with van der Waals surface area (Å²) < 4.78 is 10.6. The van der Waals surface area contributed by atoms with Crippen molar-refractivity contribution in [2.75, 3.05) is 20.8 Å². The lowest BCUT2D eigenvalue weighted by atomic mass is 10.1. The number of benzene rings is 2. The summed E-state index contributed by atoms with van der Waals surface area (Å²) in [6.07, 6.45) is 0.303. The van der Waals surface area contributed by atoms with Crippen LogP contribution in [-0.4, -0.2) is 36.9 Å². The summed E-state index contributed by atoms with van der Waals surface area (Å²) >= 11 is 1.68. The van der Waals surface area contributed by atoms with Crippen molar-refractivity contribution in [3.63, 3.8) is 0 Å². The quantitative estimate of drug-likeness (QED) is 0.787. The Hall–Kier alpha value is -2.60. The highest BCUT2D eigenvalue weighted by molar-refractivity contribution is 8.09. The van der Waals surface area contributed by atoms with Crippen LogP contribution in [0.3, 0.4) is 0 Å². The zero-order chi connectivity index (χ0) is 19.4. The molecule has 1 aliphatic heterocycles. The second-order valence-electron chi connectivity index (χ2n) is 6.16. The van der Waals surface area contributed by atoms with Gasteiger partial charge in [-0.25, -0.2) is 0 Å². The van der Waals surface area contributed by atoms with Crippen LogP contribution in [0.2, 0.25) is 0 Å². The summed E-state index contributed by atoms with van der Waals surface area (Å²) in [6, 6.07) is 16.0. The Morgan fingerprint density at radius 3 is 1.96 bits per heavy atom. The molecule has 1 atom stereocenters. The molecule has 2 N–H and O–H groups in total. The van der Waals surface area contributed by atoms with Gasteiger partial charge in [0.1, 0.15) is 11.5 Å². The number of carbonyl (C=O) groups is 1. The Morgan fingerprint density at radius 1 is 1.00 bits per heavy atom. The van der Waals surface area contributed by atoms with Crippen molar-refractivity contribution in [3.8, 4) is 11.5 Å². The Morgan fingerprint density at radius 2 is 1.52 bits per heavy atom. The number of methoxy groups -OCH3 is 2. The first kappa shape index (κ1) is 19.2. The van der Waals surface area contributed by atoms with Gasteiger partial charge in [-0.05, 0) is 54.4 Å². The van der Waals surface area contributed by atoms with E-state index in [0.29, 0.717) is 6.42 Å². The monoisotopic (exact) mass is 384 g/mol. The molecule has 0 fully saturated rings. The maximum Gasteiger partial charge on any atom is 0.220 e. The third-order valence-corrected chi connectivity index (χ3v) is 5.89. The molecule has 0 spiro atoms. The molecule has 1 amide bonds. The van der Waals surface area contributed by atoms with Crippen LogP contribution in [0.5, 0.6) is 11.5 Å². The molecule has 0 saturated carbocycles. The molecule has 1 heterocycles. The molecular weight excluding hydrogens is 360 g/mol. The molecule has 0 radical (unpaired) electrons. The molecule has 0 saturated heterocycles. The van der Waals surface area contributed by atoms with E-state index in [1.54, 1.807) is 26.0 Å². The van der Waals surface area contributed by atoms with Crippen molar-refractivity contribution < 1.29 is 14.3 Å². The Labute approximate surface area is 164 Å². The Balaban J connectivity index is 2.08. The van der Waals surface area contributed by atoms with Gasteiger partial charge in [-0.3, -0.25) is 4.79 Å². The fourth-order valence-electron chi connectivity index (χ4n) is 3.21. The molecule has 1 aliphatic rings. The van der Waals surface area contributed by atoms with Crippen molar-refractivity contribution >= 4 is 28.3 Å². The van der Waals surface area contributed by atoms with E-state index in [9.17, 15) is 4.79 Å². The van der Waals surface area contributed by atoms with Crippen molar-refractivity contribution in [1.29, 1.82) is 0 Å². The van der Waals surface area contributed by atoms with Gasteiger partial charge in [0.2, 0.25) is 5.91 Å². The minimum atomic E-state index is -0.295. The molecule has 6 heteroatoms. The number of ether oxygens (including phenoxy) is 2. The van der Waals surface area contributed by atoms with Crippen LogP contribution < -0.4 is 15.2 Å². The van der Waals surface area contributed by atoms with E-state index < -0.39 is 0 Å². The minimum absolute atomic E-state index is 0.0123. The summed E-state index contributed by atoms with van der Waals surface area (Å²) in [7, 11) is 3.31. The molecule has 2 aromatic carbocycles. The van der Waals surface area contributed by atoms with E-state index in [4.69, 9.17) is 15.2 Å². The number of hydrogen-bond donors (Lipinski definition) is 1. The number of carbonyl (C=O) groups excluding carboxylic acids is 1. The Kier molecular flexibility index (Phi) is 5.96. The first-order valence-corrected chi connectivity index (χ1v) is 9.70. The molecule has 2 aromatic rings. The number of thioether (sulfide) groups is 1. The second-order valence-corrected chi connectivity index (χ2v) is 7.35. The highest BCUT2D eigenvalue weighted by atomic mass is 32.2. The summed E-state index contributed by atoms with van der Waals surface area (Å²) in [5.41, 5.74) is 8.80. The fourth-order valence-corrected chi connectivity index (χ4v) is 4.73. The first-order chi connectivity index (χ1) is 13.1. The predicted octanol–water partition coefficient (Wildman–Crippen LogP) is 3.80. The third kappa shape index (κ3) is 4.06. The lowest BCUT2D eigenvalue weighted by Gasteiger charge is -2.27. The molecule has 142 valence electrons. The first-order valence-electron chi connectivity index (χ1n) is 8.82. The van der Waals surface area contributed by atoms with Crippen LogP contribution in [0.4, 0.5) is 0 Å². The maximum atomic E-state index is 11.6. The molecule has 1 unspecified atom stereocenters. The van der Waals surface area contributed by atoms with Crippen LogP contribution in [0.25, 0.3) is 10.6 Å². The van der Waals surface area contributed by atoms with Gasteiger partial charge in [-0.1, -0.05) is 23.9 Å². The highest BCUT2D eigenvalue weighted by Crippen LogP contribution is 2.49. The summed E-state index contributed by atoms with van der Waals surface area (Å²) in [5.74, 6) is 1.33. The molecule has 0 aromatic heterocycles. The average Bonchev–Trinajstić information content (AvgIpc) is 3.05. The van der Waals surface area contributed by atoms with Gasteiger partial charge >= 0.3 is 0 Å². The SMILES string of the molecule is CCN1C(c2ccc(OC)cc2)=C(c2ccc(OC)cc2)SC1CC(N)=O. The van der Waals surface area contributed by atoms with E-state index in [2.05, 4.69) is 11.8 Å². The van der Waals surface area contributed by atoms with E-state index >= 15 is 0 Å². The van der Waals surface area contributed by atoms with Crippen molar-refractivity contribution in [1.82, 2.24) is 4.90 Å². The number of nitrogens with zero attached hydrogens (tertiary/aromatic N) is 1. The van der Waals surface area contributed by atoms with Crippen LogP contribution in [0, 0.1) is 0 Å². The average molecular weight is 385 g/mol. The Bertz CT molecular complexity index is 832. The van der Waals surface area contributed by atoms with Crippen molar-refractivity contribution in [2.24, 2.45) is 5.73 Å². The fraction of sp³-hybridized carbons (Fsp3) is 0.286.